The molecule has 5 heteroatoms. The van der Waals surface area contributed by atoms with E-state index < -0.39 is 0 Å². The molecule has 116 valence electrons. The lowest BCUT2D eigenvalue weighted by Gasteiger charge is -2.14. The lowest BCUT2D eigenvalue weighted by molar-refractivity contribution is -0.124. The topological polar surface area (TPSA) is 56.2 Å². The van der Waals surface area contributed by atoms with Crippen LogP contribution in [0.25, 0.3) is 11.3 Å². The minimum absolute atomic E-state index is 0.0843. The van der Waals surface area contributed by atoms with Crippen molar-refractivity contribution in [1.82, 2.24) is 9.78 Å². The van der Waals surface area contributed by atoms with Crippen molar-refractivity contribution in [1.29, 1.82) is 0 Å². The summed E-state index contributed by atoms with van der Waals surface area (Å²) in [7, 11) is 0. The Hall–Kier alpha value is -2.14. The number of amides is 1. The smallest absolute Gasteiger partial charge is 0.254 e. The van der Waals surface area contributed by atoms with Crippen LogP contribution in [0.4, 0.5) is 5.82 Å². The summed E-state index contributed by atoms with van der Waals surface area (Å²) >= 11 is 0. The highest BCUT2D eigenvalue weighted by atomic mass is 16.5. The summed E-state index contributed by atoms with van der Waals surface area (Å²) in [6.07, 6.45) is 1.39. The molecule has 2 heterocycles. The second-order valence-corrected chi connectivity index (χ2v) is 5.81. The van der Waals surface area contributed by atoms with E-state index in [4.69, 9.17) is 4.74 Å². The molecule has 3 rings (SSSR count). The molecule has 1 aromatic heterocycles. The van der Waals surface area contributed by atoms with Crippen molar-refractivity contribution in [3.05, 3.63) is 36.4 Å². The summed E-state index contributed by atoms with van der Waals surface area (Å²) in [5.74, 6) is 0.633. The predicted octanol–water partition coefficient (Wildman–Crippen LogP) is 3.25. The first-order chi connectivity index (χ1) is 10.6. The summed E-state index contributed by atoms with van der Waals surface area (Å²) < 4.78 is 7.28. The Morgan fingerprint density at radius 1 is 1.36 bits per heavy atom. The normalized spacial score (nSPS) is 17.9. The Balaban J connectivity index is 1.86. The first kappa shape index (κ1) is 14.8. The van der Waals surface area contributed by atoms with Gasteiger partial charge in [0, 0.05) is 24.3 Å². The van der Waals surface area contributed by atoms with E-state index >= 15 is 0 Å². The molecule has 0 unspecified atom stereocenters. The molecule has 1 saturated heterocycles. The molecule has 0 radical (unpaired) electrons. The van der Waals surface area contributed by atoms with E-state index in [1.165, 1.54) is 0 Å². The van der Waals surface area contributed by atoms with Crippen LogP contribution in [0, 0.1) is 0 Å². The highest BCUT2D eigenvalue weighted by Crippen LogP contribution is 2.25. The van der Waals surface area contributed by atoms with Gasteiger partial charge in [-0.2, -0.15) is 5.10 Å². The van der Waals surface area contributed by atoms with Gasteiger partial charge < -0.3 is 10.1 Å². The number of hydrogen-bond acceptors (Lipinski definition) is 3. The van der Waals surface area contributed by atoms with Crippen LogP contribution in [0.3, 0.4) is 0 Å². The Morgan fingerprint density at radius 3 is 2.77 bits per heavy atom. The van der Waals surface area contributed by atoms with Gasteiger partial charge in [-0.3, -0.25) is 4.79 Å². The fourth-order valence-corrected chi connectivity index (χ4v) is 2.62. The van der Waals surface area contributed by atoms with Crippen LogP contribution in [0.15, 0.2) is 36.4 Å². The van der Waals surface area contributed by atoms with Crippen molar-refractivity contribution in [3.8, 4) is 11.3 Å². The van der Waals surface area contributed by atoms with E-state index in [2.05, 4.69) is 10.4 Å². The van der Waals surface area contributed by atoms with Crippen molar-refractivity contribution in [2.24, 2.45) is 0 Å². The fraction of sp³-hybridized carbons (Fsp3) is 0.412. The Labute approximate surface area is 130 Å². The SMILES string of the molecule is CC(C)n1nc(-c2ccccc2)cc1NC(=O)[C@H]1CCCO1. The van der Waals surface area contributed by atoms with Gasteiger partial charge in [-0.1, -0.05) is 30.3 Å². The Bertz CT molecular complexity index is 643. The van der Waals surface area contributed by atoms with Crippen molar-refractivity contribution in [2.45, 2.75) is 38.8 Å². The number of ether oxygens (including phenoxy) is 1. The number of benzene rings is 1. The van der Waals surface area contributed by atoms with Crippen LogP contribution >= 0.6 is 0 Å². The molecular formula is C17H21N3O2. The number of nitrogens with one attached hydrogen (secondary N) is 1. The summed E-state index contributed by atoms with van der Waals surface area (Å²) in [6, 6.07) is 12.0. The summed E-state index contributed by atoms with van der Waals surface area (Å²) in [6.45, 7) is 4.75. The van der Waals surface area contributed by atoms with Gasteiger partial charge in [0.2, 0.25) is 0 Å². The first-order valence-corrected chi connectivity index (χ1v) is 7.72. The van der Waals surface area contributed by atoms with Gasteiger partial charge in [-0.25, -0.2) is 4.68 Å². The molecule has 22 heavy (non-hydrogen) atoms. The average Bonchev–Trinajstić information content (AvgIpc) is 3.17. The van der Waals surface area contributed by atoms with Gasteiger partial charge in [0.1, 0.15) is 11.9 Å². The van der Waals surface area contributed by atoms with Crippen molar-refractivity contribution >= 4 is 11.7 Å². The van der Waals surface area contributed by atoms with Crippen LogP contribution in [-0.2, 0) is 9.53 Å². The molecule has 1 amide bonds. The number of carbonyl (C=O) groups excluding carboxylic acids is 1. The lowest BCUT2D eigenvalue weighted by atomic mass is 10.1. The molecule has 1 fully saturated rings. The van der Waals surface area contributed by atoms with Gasteiger partial charge in [0.05, 0.1) is 5.69 Å². The Morgan fingerprint density at radius 2 is 2.14 bits per heavy atom. The molecule has 5 nitrogen and oxygen atoms in total. The first-order valence-electron chi connectivity index (χ1n) is 7.72. The summed E-state index contributed by atoms with van der Waals surface area (Å²) in [5.41, 5.74) is 1.89. The van der Waals surface area contributed by atoms with Crippen LogP contribution in [0.2, 0.25) is 0 Å². The molecule has 1 aliphatic rings. The van der Waals surface area contributed by atoms with E-state index in [-0.39, 0.29) is 18.1 Å². The van der Waals surface area contributed by atoms with Crippen molar-refractivity contribution < 1.29 is 9.53 Å². The summed E-state index contributed by atoms with van der Waals surface area (Å²) in [4.78, 5) is 12.3. The zero-order valence-electron chi connectivity index (χ0n) is 13.0. The largest absolute Gasteiger partial charge is 0.368 e. The van der Waals surface area contributed by atoms with Crippen LogP contribution in [0.5, 0.6) is 0 Å². The highest BCUT2D eigenvalue weighted by Gasteiger charge is 2.25. The van der Waals surface area contributed by atoms with Gasteiger partial charge >= 0.3 is 0 Å². The van der Waals surface area contributed by atoms with Crippen LogP contribution in [-0.4, -0.2) is 28.4 Å². The maximum Gasteiger partial charge on any atom is 0.254 e. The van der Waals surface area contributed by atoms with E-state index in [1.807, 2.05) is 54.9 Å². The van der Waals surface area contributed by atoms with Gasteiger partial charge in [0.15, 0.2) is 0 Å². The zero-order chi connectivity index (χ0) is 15.5. The fourth-order valence-electron chi connectivity index (χ4n) is 2.62. The molecule has 0 bridgehead atoms. The predicted molar refractivity (Wildman–Crippen MR) is 85.7 cm³/mol. The monoisotopic (exact) mass is 299 g/mol. The minimum Gasteiger partial charge on any atom is -0.368 e. The molecule has 0 saturated carbocycles. The quantitative estimate of drug-likeness (QED) is 0.943. The van der Waals surface area contributed by atoms with Gasteiger partial charge in [-0.05, 0) is 26.7 Å². The third kappa shape index (κ3) is 3.04. The second kappa shape index (κ2) is 6.32. The Kier molecular flexibility index (Phi) is 4.24. The van der Waals surface area contributed by atoms with E-state index in [9.17, 15) is 4.79 Å². The van der Waals surface area contributed by atoms with Crippen LogP contribution < -0.4 is 5.32 Å². The van der Waals surface area contributed by atoms with Crippen molar-refractivity contribution in [3.63, 3.8) is 0 Å². The number of carbonyl (C=O) groups is 1. The second-order valence-electron chi connectivity index (χ2n) is 5.81. The number of anilines is 1. The molecule has 1 aliphatic heterocycles. The van der Waals surface area contributed by atoms with Gasteiger partial charge in [0.25, 0.3) is 5.91 Å². The van der Waals surface area contributed by atoms with E-state index in [1.54, 1.807) is 0 Å². The van der Waals surface area contributed by atoms with Gasteiger partial charge in [-0.15, -0.1) is 0 Å². The van der Waals surface area contributed by atoms with Crippen molar-refractivity contribution in [2.75, 3.05) is 11.9 Å². The third-order valence-corrected chi connectivity index (χ3v) is 3.77. The minimum atomic E-state index is -0.337. The number of aromatic nitrogens is 2. The molecule has 0 aliphatic carbocycles. The molecular weight excluding hydrogens is 278 g/mol. The molecule has 1 atom stereocenters. The zero-order valence-corrected chi connectivity index (χ0v) is 13.0. The lowest BCUT2D eigenvalue weighted by Crippen LogP contribution is -2.28. The maximum absolute atomic E-state index is 12.3. The third-order valence-electron chi connectivity index (χ3n) is 3.77. The van der Waals surface area contributed by atoms with E-state index in [0.29, 0.717) is 12.4 Å². The molecule has 0 spiro atoms. The number of nitrogens with zero attached hydrogens (tertiary/aromatic N) is 2. The van der Waals surface area contributed by atoms with Crippen LogP contribution in [0.1, 0.15) is 32.7 Å². The average molecular weight is 299 g/mol. The number of hydrogen-bond donors (Lipinski definition) is 1. The summed E-state index contributed by atoms with van der Waals surface area (Å²) in [5, 5.41) is 7.58. The molecule has 1 aromatic carbocycles. The molecule has 1 N–H and O–H groups in total. The maximum atomic E-state index is 12.3. The molecule has 2 aromatic rings. The highest BCUT2D eigenvalue weighted by molar-refractivity contribution is 5.94. The van der Waals surface area contributed by atoms with E-state index in [0.717, 1.165) is 24.1 Å². The number of rotatable bonds is 4. The standard InChI is InChI=1S/C17H21N3O2/c1-12(2)20-16(18-17(21)15-9-6-10-22-15)11-14(19-20)13-7-4-3-5-8-13/h3-5,7-8,11-12,15H,6,9-10H2,1-2H3,(H,18,21)/t15-/m1/s1.